The van der Waals surface area contributed by atoms with Crippen LogP contribution in [-0.2, 0) is 16.6 Å². The lowest BCUT2D eigenvalue weighted by Gasteiger charge is -2.47. The fraction of sp³-hybridized carbons (Fsp3) is 0.296. The van der Waals surface area contributed by atoms with Gasteiger partial charge in [-0.2, -0.15) is 0 Å². The fourth-order valence-corrected chi connectivity index (χ4v) is 7.00. The zero-order chi connectivity index (χ0) is 23.9. The first-order valence-corrected chi connectivity index (χ1v) is 13.0. The number of piperidine rings is 1. The molecule has 0 unspecified atom stereocenters. The summed E-state index contributed by atoms with van der Waals surface area (Å²) in [4.78, 5) is 6.93. The third-order valence-electron chi connectivity index (χ3n) is 6.95. The molecular formula is C27H28FN3O2S. The molecule has 0 N–H and O–H groups in total. The molecule has 0 amide bonds. The minimum absolute atomic E-state index is 0.142. The quantitative estimate of drug-likeness (QED) is 0.513. The Hall–Kier alpha value is -3.03. The third-order valence-corrected chi connectivity index (χ3v) is 8.52. The largest absolute Gasteiger partial charge is 0.296 e. The van der Waals surface area contributed by atoms with Gasteiger partial charge in [0.1, 0.15) is 5.82 Å². The van der Waals surface area contributed by atoms with Gasteiger partial charge in [-0.25, -0.2) is 12.8 Å². The van der Waals surface area contributed by atoms with Crippen molar-refractivity contribution in [3.05, 3.63) is 95.3 Å². The van der Waals surface area contributed by atoms with Gasteiger partial charge in [0, 0.05) is 36.3 Å². The molecule has 2 atom stereocenters. The van der Waals surface area contributed by atoms with Crippen LogP contribution in [0.5, 0.6) is 0 Å². The van der Waals surface area contributed by atoms with Crippen LogP contribution in [0.4, 0.5) is 10.1 Å². The Balaban J connectivity index is 1.37. The van der Waals surface area contributed by atoms with E-state index in [1.807, 2.05) is 12.3 Å². The van der Waals surface area contributed by atoms with Crippen LogP contribution in [0.1, 0.15) is 30.9 Å². The van der Waals surface area contributed by atoms with Crippen molar-refractivity contribution in [3.8, 4) is 11.3 Å². The van der Waals surface area contributed by atoms with Crippen LogP contribution < -0.4 is 4.31 Å². The van der Waals surface area contributed by atoms with Crippen molar-refractivity contribution in [1.29, 1.82) is 0 Å². The van der Waals surface area contributed by atoms with E-state index in [1.165, 1.54) is 27.4 Å². The number of hydrogen-bond donors (Lipinski definition) is 0. The second-order valence-corrected chi connectivity index (χ2v) is 11.0. The van der Waals surface area contributed by atoms with Crippen LogP contribution in [0, 0.1) is 12.7 Å². The predicted octanol–water partition coefficient (Wildman–Crippen LogP) is 5.28. The maximum atomic E-state index is 13.9. The number of likely N-dealkylation sites (tertiary alicyclic amines) is 1. The van der Waals surface area contributed by atoms with Gasteiger partial charge in [0.15, 0.2) is 0 Å². The molecule has 3 heterocycles. The second-order valence-electron chi connectivity index (χ2n) is 9.34. The van der Waals surface area contributed by atoms with Crippen LogP contribution in [0.15, 0.2) is 78.3 Å². The Morgan fingerprint density at radius 3 is 2.71 bits per heavy atom. The molecule has 1 saturated heterocycles. The van der Waals surface area contributed by atoms with Gasteiger partial charge in [-0.05, 0) is 74.2 Å². The molecule has 0 saturated carbocycles. The number of anilines is 1. The van der Waals surface area contributed by atoms with Crippen LogP contribution in [-0.4, -0.2) is 36.4 Å². The summed E-state index contributed by atoms with van der Waals surface area (Å²) in [6.45, 7) is 5.71. The Bertz CT molecular complexity index is 1360. The van der Waals surface area contributed by atoms with Crippen molar-refractivity contribution in [2.45, 2.75) is 44.8 Å². The van der Waals surface area contributed by atoms with Crippen LogP contribution in [0.3, 0.4) is 0 Å². The monoisotopic (exact) mass is 477 g/mol. The molecular weight excluding hydrogens is 449 g/mol. The summed E-state index contributed by atoms with van der Waals surface area (Å²) in [6, 6.07) is 18.5. The molecule has 3 aromatic rings. The van der Waals surface area contributed by atoms with E-state index < -0.39 is 21.4 Å². The molecule has 176 valence electrons. The third kappa shape index (κ3) is 4.14. The maximum absolute atomic E-state index is 13.9. The first-order valence-electron chi connectivity index (χ1n) is 11.5. The summed E-state index contributed by atoms with van der Waals surface area (Å²) in [7, 11) is -3.64. The summed E-state index contributed by atoms with van der Waals surface area (Å²) < 4.78 is 41.2. The Morgan fingerprint density at radius 1 is 1.12 bits per heavy atom. The summed E-state index contributed by atoms with van der Waals surface area (Å²) in [5.74, 6) is -0.441. The molecule has 2 aromatic carbocycles. The lowest BCUT2D eigenvalue weighted by molar-refractivity contribution is 0.120. The molecule has 2 aliphatic rings. The van der Waals surface area contributed by atoms with Crippen molar-refractivity contribution >= 4 is 15.7 Å². The standard InChI is InChI=1S/C27H28FN3O2S/c1-20-6-5-13-29-26(20)23-8-3-7-22(16-23)19-30-14-11-27(18-21(30)2)12-15-34(32,33)31(27)25-10-4-9-24(28)17-25/h3-10,12-13,15-17,21H,11,14,18-19H2,1-2H3/t21-,27-/m0/s1. The molecule has 0 radical (unpaired) electrons. The lowest BCUT2D eigenvalue weighted by Crippen LogP contribution is -2.56. The Kier molecular flexibility index (Phi) is 5.78. The van der Waals surface area contributed by atoms with Crippen molar-refractivity contribution < 1.29 is 12.8 Å². The van der Waals surface area contributed by atoms with E-state index in [1.54, 1.807) is 18.2 Å². The maximum Gasteiger partial charge on any atom is 0.258 e. The summed E-state index contributed by atoms with van der Waals surface area (Å²) in [5, 5.41) is 1.28. The highest BCUT2D eigenvalue weighted by Crippen LogP contribution is 2.43. The highest BCUT2D eigenvalue weighted by atomic mass is 32.2. The Labute approximate surface area is 200 Å². The number of aryl methyl sites for hydroxylation is 1. The summed E-state index contributed by atoms with van der Waals surface area (Å²) in [5.41, 5.74) is 4.13. The molecule has 7 heteroatoms. The predicted molar refractivity (Wildman–Crippen MR) is 133 cm³/mol. The topological polar surface area (TPSA) is 53.5 Å². The lowest BCUT2D eigenvalue weighted by atomic mass is 9.83. The summed E-state index contributed by atoms with van der Waals surface area (Å²) >= 11 is 0. The van der Waals surface area contributed by atoms with E-state index >= 15 is 0 Å². The molecule has 34 heavy (non-hydrogen) atoms. The molecule has 1 fully saturated rings. The summed E-state index contributed by atoms with van der Waals surface area (Å²) in [6.07, 6.45) is 4.89. The van der Waals surface area contributed by atoms with Crippen molar-refractivity contribution in [1.82, 2.24) is 9.88 Å². The Morgan fingerprint density at radius 2 is 1.94 bits per heavy atom. The van der Waals surface area contributed by atoms with Gasteiger partial charge in [0.05, 0.1) is 16.9 Å². The van der Waals surface area contributed by atoms with E-state index in [2.05, 4.69) is 54.1 Å². The number of benzene rings is 2. The average molecular weight is 478 g/mol. The number of rotatable bonds is 4. The number of nitrogens with zero attached hydrogens (tertiary/aromatic N) is 3. The number of halogens is 1. The zero-order valence-corrected chi connectivity index (χ0v) is 20.2. The van der Waals surface area contributed by atoms with E-state index in [0.29, 0.717) is 18.5 Å². The van der Waals surface area contributed by atoms with Gasteiger partial charge in [-0.1, -0.05) is 30.3 Å². The molecule has 2 aliphatic heterocycles. The minimum Gasteiger partial charge on any atom is -0.296 e. The first kappa shape index (κ1) is 22.7. The van der Waals surface area contributed by atoms with Crippen molar-refractivity contribution in [2.75, 3.05) is 10.8 Å². The second kappa shape index (κ2) is 8.64. The molecule has 1 aromatic heterocycles. The number of aromatic nitrogens is 1. The minimum atomic E-state index is -3.64. The van der Waals surface area contributed by atoms with Crippen molar-refractivity contribution in [3.63, 3.8) is 0 Å². The molecule has 5 rings (SSSR count). The van der Waals surface area contributed by atoms with Crippen LogP contribution in [0.2, 0.25) is 0 Å². The highest BCUT2D eigenvalue weighted by molar-refractivity contribution is 7.96. The number of hydrogen-bond acceptors (Lipinski definition) is 4. The van der Waals surface area contributed by atoms with Crippen LogP contribution >= 0.6 is 0 Å². The van der Waals surface area contributed by atoms with Gasteiger partial charge >= 0.3 is 0 Å². The first-order chi connectivity index (χ1) is 16.3. The van der Waals surface area contributed by atoms with Crippen LogP contribution in [0.25, 0.3) is 11.3 Å². The molecule has 0 bridgehead atoms. The van der Waals surface area contributed by atoms with E-state index in [0.717, 1.165) is 29.9 Å². The number of sulfonamides is 1. The SMILES string of the molecule is Cc1cccnc1-c1cccc(CN2CC[C@]3(C=CS(=O)(=O)N3c3cccc(F)c3)C[C@@H]2C)c1. The smallest absolute Gasteiger partial charge is 0.258 e. The van der Waals surface area contributed by atoms with Gasteiger partial charge in [0.2, 0.25) is 0 Å². The van der Waals surface area contributed by atoms with E-state index in [4.69, 9.17) is 0 Å². The highest BCUT2D eigenvalue weighted by Gasteiger charge is 2.49. The van der Waals surface area contributed by atoms with Gasteiger partial charge in [0.25, 0.3) is 10.0 Å². The van der Waals surface area contributed by atoms with Gasteiger partial charge in [-0.15, -0.1) is 0 Å². The molecule has 1 spiro atoms. The van der Waals surface area contributed by atoms with E-state index in [9.17, 15) is 12.8 Å². The average Bonchev–Trinajstić information content (AvgIpc) is 3.06. The molecule has 0 aliphatic carbocycles. The fourth-order valence-electron chi connectivity index (χ4n) is 5.31. The van der Waals surface area contributed by atoms with E-state index in [-0.39, 0.29) is 6.04 Å². The van der Waals surface area contributed by atoms with Crippen molar-refractivity contribution in [2.24, 2.45) is 0 Å². The van der Waals surface area contributed by atoms with Gasteiger partial charge < -0.3 is 0 Å². The van der Waals surface area contributed by atoms with Gasteiger partial charge in [-0.3, -0.25) is 14.2 Å². The zero-order valence-electron chi connectivity index (χ0n) is 19.4. The number of pyridine rings is 1. The molecule has 5 nitrogen and oxygen atoms in total. The normalized spacial score (nSPS) is 24.1.